The van der Waals surface area contributed by atoms with Gasteiger partial charge >= 0.3 is 5.97 Å². The molecule has 0 aromatic heterocycles. The Morgan fingerprint density at radius 1 is 0.374 bits per heavy atom. The van der Waals surface area contributed by atoms with Crippen molar-refractivity contribution in [1.29, 1.82) is 0 Å². The van der Waals surface area contributed by atoms with E-state index in [0.717, 1.165) is 19.3 Å². The molecule has 28 nitrogen and oxygen atoms in total. The predicted molar refractivity (Wildman–Crippen MR) is 388 cm³/mol. The van der Waals surface area contributed by atoms with Gasteiger partial charge in [0.15, 0.2) is 5.96 Å². The van der Waals surface area contributed by atoms with Gasteiger partial charge in [-0.2, -0.15) is 0 Å². The lowest BCUT2D eigenvalue weighted by Gasteiger charge is -2.30. The highest BCUT2D eigenvalue weighted by molar-refractivity contribution is 5.99. The number of rotatable bonds is 58. The number of nitrogens with one attached hydrogen (secondary N) is 10. The van der Waals surface area contributed by atoms with E-state index in [4.69, 9.17) is 22.9 Å². The fourth-order valence-corrected chi connectivity index (χ4v) is 11.3. The minimum Gasteiger partial charge on any atom is -0.480 e. The Hall–Kier alpha value is -6.68. The van der Waals surface area contributed by atoms with Gasteiger partial charge in [0.25, 0.3) is 0 Å². The van der Waals surface area contributed by atoms with Gasteiger partial charge < -0.3 is 86.3 Å². The number of aliphatic hydroxyl groups excluding tert-OH is 1. The molecule has 20 N–H and O–H groups in total. The summed E-state index contributed by atoms with van der Waals surface area (Å²) in [6, 6.07) is -11.8. The third-order valence-electron chi connectivity index (χ3n) is 17.2. The number of unbranched alkanes of at least 4 members (excludes halogenated alkanes) is 15. The van der Waals surface area contributed by atoms with Crippen molar-refractivity contribution in [2.45, 2.75) is 323 Å². The molecule has 0 aromatic rings. The Morgan fingerprint density at radius 3 is 1.10 bits per heavy atom. The number of nitrogens with two attached hydrogens (primary N) is 4. The molecule has 0 rings (SSSR count). The van der Waals surface area contributed by atoms with Crippen molar-refractivity contribution in [3.63, 3.8) is 0 Å². The van der Waals surface area contributed by atoms with Crippen molar-refractivity contribution < 1.29 is 63.0 Å². The molecule has 0 aliphatic carbocycles. The van der Waals surface area contributed by atoms with Crippen molar-refractivity contribution in [1.82, 2.24) is 53.2 Å². The van der Waals surface area contributed by atoms with Crippen LogP contribution in [-0.4, -0.2) is 168 Å². The van der Waals surface area contributed by atoms with Crippen molar-refractivity contribution in [3.8, 4) is 0 Å². The fourth-order valence-electron chi connectivity index (χ4n) is 11.3. The van der Waals surface area contributed by atoms with Crippen LogP contribution in [0.4, 0.5) is 0 Å². The molecule has 0 unspecified atom stereocenters. The quantitative estimate of drug-likeness (QED) is 0.0229. The van der Waals surface area contributed by atoms with E-state index in [0.29, 0.717) is 38.5 Å². The van der Waals surface area contributed by atoms with Crippen LogP contribution >= 0.6 is 0 Å². The number of guanidine groups is 1. The Bertz CT molecular complexity index is 2410. The van der Waals surface area contributed by atoms with E-state index in [9.17, 15) is 63.0 Å². The van der Waals surface area contributed by atoms with Crippen LogP contribution in [0.25, 0.3) is 0 Å². The van der Waals surface area contributed by atoms with Gasteiger partial charge in [0.2, 0.25) is 59.1 Å². The number of carbonyl (C=O) groups excluding carboxylic acids is 10. The minimum absolute atomic E-state index is 0.00697. The van der Waals surface area contributed by atoms with Gasteiger partial charge in [-0.15, -0.1) is 0 Å². The van der Waals surface area contributed by atoms with E-state index in [2.05, 4.69) is 65.1 Å². The first-order chi connectivity index (χ1) is 46.8. The average Bonchev–Trinajstić information content (AvgIpc) is 0.861. The maximum atomic E-state index is 14.7. The molecule has 0 aromatic carbocycles. The molecule has 0 fully saturated rings. The molecule has 11 atom stereocenters. The third kappa shape index (κ3) is 43.6. The summed E-state index contributed by atoms with van der Waals surface area (Å²) in [5.74, 6) is -9.80. The molecule has 0 spiro atoms. The Balaban J connectivity index is 6.65. The summed E-state index contributed by atoms with van der Waals surface area (Å²) in [5, 5.41) is 47.6. The molecule has 0 aliphatic heterocycles. The normalized spacial score (nSPS) is 14.8. The van der Waals surface area contributed by atoms with Gasteiger partial charge in [-0.1, -0.05) is 166 Å². The number of aliphatic imine (C=N–C) groups is 1. The maximum absolute atomic E-state index is 14.7. The van der Waals surface area contributed by atoms with Crippen LogP contribution in [0.15, 0.2) is 4.99 Å². The molecule has 572 valence electrons. The van der Waals surface area contributed by atoms with E-state index in [-0.39, 0.29) is 120 Å². The number of aliphatic hydroxyl groups is 1. The predicted octanol–water partition coefficient (Wildman–Crippen LogP) is 4.34. The van der Waals surface area contributed by atoms with Gasteiger partial charge in [-0.25, -0.2) is 4.79 Å². The molecule has 0 radical (unpaired) electrons. The first-order valence-electron chi connectivity index (χ1n) is 37.2. The summed E-state index contributed by atoms with van der Waals surface area (Å²) < 4.78 is 0. The minimum atomic E-state index is -1.67. The zero-order chi connectivity index (χ0) is 75.0. The molecule has 0 aliphatic rings. The summed E-state index contributed by atoms with van der Waals surface area (Å²) in [6.45, 7) is 21.7. The second-order valence-corrected chi connectivity index (χ2v) is 28.6. The molecule has 0 heterocycles. The van der Waals surface area contributed by atoms with Crippen molar-refractivity contribution in [3.05, 3.63) is 0 Å². The number of carbonyl (C=O) groups is 11. The van der Waals surface area contributed by atoms with E-state index in [1.54, 1.807) is 41.5 Å². The smallest absolute Gasteiger partial charge is 0.326 e. The number of nitrogens with zero attached hydrogens (tertiary/aromatic N) is 1. The summed E-state index contributed by atoms with van der Waals surface area (Å²) in [6.07, 6.45) is 17.9. The van der Waals surface area contributed by atoms with Gasteiger partial charge in [0.05, 0.1) is 12.6 Å². The lowest BCUT2D eigenvalue weighted by molar-refractivity contribution is -0.143. The Morgan fingerprint density at radius 2 is 0.707 bits per heavy atom. The standard InChI is InChI=1S/C71H135N15O13/c1-13-15-16-17-18-19-20-21-22-23-24-25-26-27-36-58(88)77-44-59(89)78-54(40-45(3)4)65(93)82-55(41-46(5)6)66(94)80-51(33-28-30-37-72)62(90)79-53(35-32-39-76-71(74)75)63(91)85-60(49(11)14-2)68(96)81-52(34-29-31-38-73)64(92)86-61(50(12)87)69(97)83-56(42-47(7)8)67(95)84-57(70(98)99)43-48(9)10/h45-57,60-61,87H,13-44,72-73H2,1-12H3,(H,77,88)(H,78,89)(H,79,90)(H,80,94)(H,81,96)(H,82,93)(H,83,97)(H,84,95)(H,85,91)(H,86,92)(H,98,99)(H4,74,75,76)/t49-,50+,51-,52-,53-,54-,55-,56-,57-,60-,61-/m0/s1. The summed E-state index contributed by atoms with van der Waals surface area (Å²) in [7, 11) is 0. The molecule has 0 saturated heterocycles. The van der Waals surface area contributed by atoms with Crippen LogP contribution in [0.5, 0.6) is 0 Å². The highest BCUT2D eigenvalue weighted by atomic mass is 16.4. The molecular formula is C71H135N15O13. The Kier molecular flexibility index (Phi) is 50.5. The van der Waals surface area contributed by atoms with Gasteiger partial charge in [-0.05, 0) is 133 Å². The van der Waals surface area contributed by atoms with Gasteiger partial charge in [-0.3, -0.25) is 52.9 Å². The van der Waals surface area contributed by atoms with Crippen LogP contribution in [0.2, 0.25) is 0 Å². The largest absolute Gasteiger partial charge is 0.480 e. The second-order valence-electron chi connectivity index (χ2n) is 28.6. The lowest BCUT2D eigenvalue weighted by Crippen LogP contribution is -2.62. The Labute approximate surface area is 591 Å². The lowest BCUT2D eigenvalue weighted by atomic mass is 9.96. The SMILES string of the molecule is CCCCCCCCCCCCCCCCC(=O)NCC(=O)N[C@@H](CC(C)C)C(=O)N[C@@H](CC(C)C)C(=O)N[C@@H](CCCCN)C(=O)N[C@@H](CCCN=C(N)N)C(=O)N[C@H](C(=O)N[C@@H](CCCCN)C(=O)N[C@H](C(=O)N[C@@H](CC(C)C)C(=O)N[C@@H](CC(C)C)C(=O)O)[C@@H](C)O)[C@@H](C)CC. The van der Waals surface area contributed by atoms with Crippen molar-refractivity contribution in [2.24, 2.45) is 57.5 Å². The zero-order valence-electron chi connectivity index (χ0n) is 62.4. The van der Waals surface area contributed by atoms with Crippen molar-refractivity contribution >= 4 is 71.0 Å². The highest BCUT2D eigenvalue weighted by Crippen LogP contribution is 2.18. The summed E-state index contributed by atoms with van der Waals surface area (Å²) in [4.78, 5) is 156. The van der Waals surface area contributed by atoms with Crippen LogP contribution < -0.4 is 76.1 Å². The molecule has 99 heavy (non-hydrogen) atoms. The van der Waals surface area contributed by atoms with Gasteiger partial charge in [0.1, 0.15) is 54.4 Å². The molecular weight excluding hydrogens is 1270 g/mol. The third-order valence-corrected chi connectivity index (χ3v) is 17.2. The first-order valence-corrected chi connectivity index (χ1v) is 37.2. The number of carboxylic acids is 1. The van der Waals surface area contributed by atoms with Crippen LogP contribution in [0, 0.1) is 29.6 Å². The average molecular weight is 1410 g/mol. The van der Waals surface area contributed by atoms with Crippen LogP contribution in [0.3, 0.4) is 0 Å². The monoisotopic (exact) mass is 1410 g/mol. The first kappa shape index (κ1) is 92.3. The summed E-state index contributed by atoms with van der Waals surface area (Å²) >= 11 is 0. The number of amides is 10. The van der Waals surface area contributed by atoms with E-state index < -0.39 is 126 Å². The maximum Gasteiger partial charge on any atom is 0.326 e. The van der Waals surface area contributed by atoms with Crippen molar-refractivity contribution in [2.75, 3.05) is 26.2 Å². The number of hydrogen-bond donors (Lipinski definition) is 16. The molecule has 0 bridgehead atoms. The summed E-state index contributed by atoms with van der Waals surface area (Å²) in [5.41, 5.74) is 22.9. The zero-order valence-corrected chi connectivity index (χ0v) is 62.4. The molecule has 0 saturated carbocycles. The molecule has 28 heteroatoms. The number of aliphatic carboxylic acids is 1. The van der Waals surface area contributed by atoms with Gasteiger partial charge in [0, 0.05) is 13.0 Å². The topological polar surface area (TPSA) is 465 Å². The number of carboxylic acid groups (broad SMARTS) is 1. The molecule has 10 amide bonds. The van der Waals surface area contributed by atoms with Crippen LogP contribution in [-0.2, 0) is 52.7 Å². The van der Waals surface area contributed by atoms with E-state index in [1.165, 1.54) is 71.1 Å². The highest BCUT2D eigenvalue weighted by Gasteiger charge is 2.38. The fraction of sp³-hybridized carbons (Fsp3) is 0.831. The van der Waals surface area contributed by atoms with E-state index in [1.807, 2.05) is 27.7 Å². The second kappa shape index (κ2) is 54.1. The number of hydrogen-bond acceptors (Lipinski definition) is 15. The van der Waals surface area contributed by atoms with E-state index >= 15 is 0 Å². The van der Waals surface area contributed by atoms with Crippen LogP contribution in [0.1, 0.15) is 263 Å².